The van der Waals surface area contributed by atoms with Crippen LogP contribution in [0.2, 0.25) is 0 Å². The van der Waals surface area contributed by atoms with Crippen LogP contribution in [0.1, 0.15) is 27.2 Å². The molecular weight excluding hydrogens is 200 g/mol. The van der Waals surface area contributed by atoms with Crippen molar-refractivity contribution in [1.82, 2.24) is 10.2 Å². The predicted molar refractivity (Wildman–Crippen MR) is 70.6 cm³/mol. The molecule has 0 aromatic carbocycles. The van der Waals surface area contributed by atoms with E-state index in [1.54, 1.807) is 0 Å². The summed E-state index contributed by atoms with van der Waals surface area (Å²) < 4.78 is 0. The number of hydrogen-bond acceptors (Lipinski definition) is 4. The zero-order valence-corrected chi connectivity index (χ0v) is 11.0. The molecule has 0 aromatic rings. The van der Waals surface area contributed by atoms with Crippen LogP contribution in [0.25, 0.3) is 0 Å². The zero-order chi connectivity index (χ0) is 12.6. The molecule has 0 aliphatic carbocycles. The minimum absolute atomic E-state index is 0.418. The number of nitrogens with two attached hydrogens (primary N) is 2. The number of nitrogens with one attached hydrogen (secondary N) is 1. The Kier molecular flexibility index (Phi) is 7.46. The summed E-state index contributed by atoms with van der Waals surface area (Å²) in [6, 6.07) is 0.418. The number of hydrogen-bond donors (Lipinski definition) is 3. The monoisotopic (exact) mass is 226 g/mol. The van der Waals surface area contributed by atoms with Crippen LogP contribution in [-0.4, -0.2) is 31.1 Å². The third-order valence-corrected chi connectivity index (χ3v) is 2.57. The van der Waals surface area contributed by atoms with E-state index in [0.717, 1.165) is 31.0 Å². The minimum Gasteiger partial charge on any atom is -0.402 e. The van der Waals surface area contributed by atoms with E-state index in [-0.39, 0.29) is 0 Å². The molecule has 5 N–H and O–H groups in total. The smallest absolute Gasteiger partial charge is 0.0986 e. The SMILES string of the molecule is CCNCC[C@H](C)N(C)/C(N)=C/C=C(/C)N. The van der Waals surface area contributed by atoms with Gasteiger partial charge in [-0.2, -0.15) is 0 Å². The summed E-state index contributed by atoms with van der Waals surface area (Å²) >= 11 is 0. The maximum atomic E-state index is 5.94. The van der Waals surface area contributed by atoms with Crippen molar-refractivity contribution in [2.45, 2.75) is 33.2 Å². The Morgan fingerprint density at radius 3 is 2.50 bits per heavy atom. The van der Waals surface area contributed by atoms with E-state index >= 15 is 0 Å². The molecule has 0 spiro atoms. The second kappa shape index (κ2) is 8.05. The van der Waals surface area contributed by atoms with Crippen LogP contribution in [-0.2, 0) is 0 Å². The molecule has 0 fully saturated rings. The molecule has 0 aliphatic rings. The number of nitrogens with zero attached hydrogens (tertiary/aromatic N) is 1. The van der Waals surface area contributed by atoms with E-state index in [9.17, 15) is 0 Å². The molecule has 0 rings (SSSR count). The fraction of sp³-hybridized carbons (Fsp3) is 0.667. The lowest BCUT2D eigenvalue weighted by Crippen LogP contribution is -2.34. The predicted octanol–water partition coefficient (Wildman–Crippen LogP) is 0.969. The summed E-state index contributed by atoms with van der Waals surface area (Å²) in [5.74, 6) is 0.744. The van der Waals surface area contributed by atoms with E-state index in [0.29, 0.717) is 6.04 Å². The molecule has 0 saturated carbocycles. The highest BCUT2D eigenvalue weighted by Crippen LogP contribution is 2.05. The van der Waals surface area contributed by atoms with Crippen LogP contribution in [0.3, 0.4) is 0 Å². The summed E-state index contributed by atoms with van der Waals surface area (Å²) in [7, 11) is 2.00. The Bertz CT molecular complexity index is 241. The fourth-order valence-corrected chi connectivity index (χ4v) is 1.27. The van der Waals surface area contributed by atoms with Gasteiger partial charge < -0.3 is 21.7 Å². The molecular formula is C12H26N4. The summed E-state index contributed by atoms with van der Waals surface area (Å²) in [6.07, 6.45) is 4.74. The van der Waals surface area contributed by atoms with Gasteiger partial charge in [-0.15, -0.1) is 0 Å². The van der Waals surface area contributed by atoms with E-state index in [4.69, 9.17) is 11.5 Å². The maximum Gasteiger partial charge on any atom is 0.0986 e. The van der Waals surface area contributed by atoms with Gasteiger partial charge in [0, 0.05) is 18.8 Å². The van der Waals surface area contributed by atoms with E-state index in [1.165, 1.54) is 0 Å². The van der Waals surface area contributed by atoms with Crippen molar-refractivity contribution in [3.63, 3.8) is 0 Å². The molecule has 16 heavy (non-hydrogen) atoms. The summed E-state index contributed by atoms with van der Waals surface area (Å²) in [6.45, 7) is 8.14. The highest BCUT2D eigenvalue weighted by atomic mass is 15.2. The van der Waals surface area contributed by atoms with E-state index in [1.807, 2.05) is 26.1 Å². The molecule has 94 valence electrons. The Hall–Kier alpha value is -1.16. The van der Waals surface area contributed by atoms with Gasteiger partial charge in [0.2, 0.25) is 0 Å². The molecule has 0 radical (unpaired) electrons. The lowest BCUT2D eigenvalue weighted by atomic mass is 10.2. The van der Waals surface area contributed by atoms with Crippen molar-refractivity contribution in [2.75, 3.05) is 20.1 Å². The number of allylic oxidation sites excluding steroid dienone is 3. The van der Waals surface area contributed by atoms with Gasteiger partial charge in [0.05, 0.1) is 5.82 Å². The van der Waals surface area contributed by atoms with Gasteiger partial charge in [0.1, 0.15) is 0 Å². The fourth-order valence-electron chi connectivity index (χ4n) is 1.27. The van der Waals surface area contributed by atoms with Crippen LogP contribution in [0.4, 0.5) is 0 Å². The van der Waals surface area contributed by atoms with E-state index in [2.05, 4.69) is 24.1 Å². The molecule has 0 aliphatic heterocycles. The molecule has 4 nitrogen and oxygen atoms in total. The Morgan fingerprint density at radius 1 is 1.38 bits per heavy atom. The first-order valence-corrected chi connectivity index (χ1v) is 5.82. The van der Waals surface area contributed by atoms with Crippen LogP contribution >= 0.6 is 0 Å². The molecule has 0 unspecified atom stereocenters. The van der Waals surface area contributed by atoms with Gasteiger partial charge in [0.25, 0.3) is 0 Å². The van der Waals surface area contributed by atoms with Crippen LogP contribution in [0.5, 0.6) is 0 Å². The van der Waals surface area contributed by atoms with Gasteiger partial charge in [-0.25, -0.2) is 0 Å². The normalized spacial score (nSPS) is 15.0. The quantitative estimate of drug-likeness (QED) is 0.447. The molecule has 1 atom stereocenters. The van der Waals surface area contributed by atoms with Crippen LogP contribution in [0.15, 0.2) is 23.7 Å². The van der Waals surface area contributed by atoms with Crippen molar-refractivity contribution in [3.8, 4) is 0 Å². The minimum atomic E-state index is 0.418. The molecule has 0 aromatic heterocycles. The third-order valence-electron chi connectivity index (χ3n) is 2.57. The van der Waals surface area contributed by atoms with Gasteiger partial charge >= 0.3 is 0 Å². The van der Waals surface area contributed by atoms with Crippen LogP contribution < -0.4 is 16.8 Å². The first-order valence-electron chi connectivity index (χ1n) is 5.82. The topological polar surface area (TPSA) is 67.3 Å². The molecule has 0 amide bonds. The average molecular weight is 226 g/mol. The Balaban J connectivity index is 4.15. The van der Waals surface area contributed by atoms with Gasteiger partial charge in [-0.05, 0) is 45.5 Å². The van der Waals surface area contributed by atoms with Crippen molar-refractivity contribution in [1.29, 1.82) is 0 Å². The summed E-state index contributed by atoms with van der Waals surface area (Å²) in [5, 5.41) is 3.30. The largest absolute Gasteiger partial charge is 0.402 e. The third kappa shape index (κ3) is 6.35. The first-order chi connectivity index (χ1) is 7.49. The zero-order valence-electron chi connectivity index (χ0n) is 11.0. The maximum absolute atomic E-state index is 5.94. The van der Waals surface area contributed by atoms with Crippen molar-refractivity contribution in [3.05, 3.63) is 23.7 Å². The van der Waals surface area contributed by atoms with Crippen molar-refractivity contribution >= 4 is 0 Å². The lowest BCUT2D eigenvalue weighted by Gasteiger charge is -2.27. The second-order valence-corrected chi connectivity index (χ2v) is 4.10. The van der Waals surface area contributed by atoms with E-state index < -0.39 is 0 Å². The first kappa shape index (κ1) is 14.8. The second-order valence-electron chi connectivity index (χ2n) is 4.10. The van der Waals surface area contributed by atoms with Gasteiger partial charge in [-0.1, -0.05) is 6.92 Å². The molecule has 4 heteroatoms. The van der Waals surface area contributed by atoms with Gasteiger partial charge in [-0.3, -0.25) is 0 Å². The molecule has 0 saturated heterocycles. The summed E-state index contributed by atoms with van der Waals surface area (Å²) in [4.78, 5) is 2.07. The van der Waals surface area contributed by atoms with Gasteiger partial charge in [0.15, 0.2) is 0 Å². The van der Waals surface area contributed by atoms with Crippen LogP contribution in [0, 0.1) is 0 Å². The molecule has 0 heterocycles. The Labute approximate surface area is 99.4 Å². The standard InChI is InChI=1S/C12H26N4/c1-5-15-9-8-11(3)16(4)12(14)7-6-10(2)13/h6-7,11,15H,5,8-9,13-14H2,1-4H3/b10-6-,12-7+/t11-/m0/s1. The van der Waals surface area contributed by atoms with Crippen molar-refractivity contribution < 1.29 is 0 Å². The summed E-state index contributed by atoms with van der Waals surface area (Å²) in [5.41, 5.74) is 12.2. The lowest BCUT2D eigenvalue weighted by molar-refractivity contribution is 0.302. The van der Waals surface area contributed by atoms with Crippen molar-refractivity contribution in [2.24, 2.45) is 11.5 Å². The Morgan fingerprint density at radius 2 is 2.00 bits per heavy atom. The average Bonchev–Trinajstić information content (AvgIpc) is 2.24. The molecule has 0 bridgehead atoms. The highest BCUT2D eigenvalue weighted by molar-refractivity contribution is 5.12. The highest BCUT2D eigenvalue weighted by Gasteiger charge is 2.08. The number of rotatable bonds is 7.